The minimum absolute atomic E-state index is 0.598. The molecular formula is C65H40N4S. The van der Waals surface area contributed by atoms with Gasteiger partial charge in [0.2, 0.25) is 0 Å². The molecule has 0 saturated carbocycles. The molecule has 3 heterocycles. The third-order valence-corrected chi connectivity index (χ3v) is 15.0. The highest BCUT2D eigenvalue weighted by Gasteiger charge is 2.23. The molecule has 0 atom stereocenters. The molecule has 0 bridgehead atoms. The first kappa shape index (κ1) is 40.1. The zero-order valence-corrected chi connectivity index (χ0v) is 38.6. The molecule has 4 nitrogen and oxygen atoms in total. The highest BCUT2D eigenvalue weighted by molar-refractivity contribution is 7.25. The zero-order chi connectivity index (χ0) is 46.1. The summed E-state index contributed by atoms with van der Waals surface area (Å²) in [4.78, 5) is 16.4. The molecule has 326 valence electrons. The third-order valence-electron chi connectivity index (χ3n) is 13.9. The number of benzene rings is 11. The fourth-order valence-corrected chi connectivity index (χ4v) is 11.6. The highest BCUT2D eigenvalue weighted by atomic mass is 32.1. The van der Waals surface area contributed by atoms with E-state index in [0.29, 0.717) is 17.5 Å². The van der Waals surface area contributed by atoms with Gasteiger partial charge in [-0.15, -0.1) is 11.3 Å². The Labute approximate surface area is 408 Å². The van der Waals surface area contributed by atoms with E-state index in [1.165, 1.54) is 58.0 Å². The molecule has 0 radical (unpaired) electrons. The Hall–Kier alpha value is -9.03. The van der Waals surface area contributed by atoms with Gasteiger partial charge in [-0.25, -0.2) is 15.0 Å². The van der Waals surface area contributed by atoms with E-state index in [4.69, 9.17) is 15.0 Å². The maximum atomic E-state index is 5.52. The van der Waals surface area contributed by atoms with Crippen molar-refractivity contribution in [1.82, 2.24) is 19.5 Å². The van der Waals surface area contributed by atoms with Crippen LogP contribution in [0.1, 0.15) is 0 Å². The molecule has 0 aliphatic heterocycles. The van der Waals surface area contributed by atoms with Gasteiger partial charge in [-0.3, -0.25) is 0 Å². The highest BCUT2D eigenvalue weighted by Crippen LogP contribution is 2.44. The van der Waals surface area contributed by atoms with E-state index in [1.54, 1.807) is 0 Å². The van der Waals surface area contributed by atoms with Crippen LogP contribution in [-0.2, 0) is 0 Å². The summed E-state index contributed by atoms with van der Waals surface area (Å²) in [6, 6.07) is 87.1. The molecule has 11 aromatic carbocycles. The maximum Gasteiger partial charge on any atom is 0.164 e. The van der Waals surface area contributed by atoms with Crippen molar-refractivity contribution in [3.8, 4) is 73.2 Å². The lowest BCUT2D eigenvalue weighted by Gasteiger charge is -2.17. The fourth-order valence-electron chi connectivity index (χ4n) is 10.6. The van der Waals surface area contributed by atoms with Crippen molar-refractivity contribution in [2.75, 3.05) is 0 Å². The number of nitrogens with zero attached hydrogens (tertiary/aromatic N) is 4. The number of rotatable bonds is 7. The average Bonchev–Trinajstić information content (AvgIpc) is 3.97. The molecule has 14 aromatic rings. The average molecular weight is 909 g/mol. The number of hydrogen-bond acceptors (Lipinski definition) is 4. The van der Waals surface area contributed by atoms with Gasteiger partial charge in [-0.1, -0.05) is 194 Å². The van der Waals surface area contributed by atoms with Crippen LogP contribution in [-0.4, -0.2) is 19.5 Å². The number of aromatic nitrogens is 4. The van der Waals surface area contributed by atoms with E-state index in [9.17, 15) is 0 Å². The molecule has 0 fully saturated rings. The first-order chi connectivity index (χ1) is 34.7. The molecular weight excluding hydrogens is 869 g/mol. The van der Waals surface area contributed by atoms with Gasteiger partial charge in [0, 0.05) is 58.7 Å². The lowest BCUT2D eigenvalue weighted by atomic mass is 9.95. The number of fused-ring (bicyclic) bond motifs is 9. The standard InChI is InChI=1S/C65H40N4S/c1-3-17-41(18-4-1)48-24-11-13-28-53(48)63-66-64(54-29-14-12-25-49(54)42-19-5-2-6-20-42)68-65(67-63)55-35-33-47(40-56(55)46-32-36-61-58(38-46)51-27-15-16-30-60(51)70-61)69-59-39-45-23-8-7-22-44(45)37-57(59)52-34-31-43-21-9-10-26-50(43)62(52)69/h1-40H. The lowest BCUT2D eigenvalue weighted by Crippen LogP contribution is -2.03. The van der Waals surface area contributed by atoms with Crippen LogP contribution in [0.4, 0.5) is 0 Å². The van der Waals surface area contributed by atoms with Crippen LogP contribution < -0.4 is 0 Å². The Balaban J connectivity index is 1.08. The fraction of sp³-hybridized carbons (Fsp3) is 0. The van der Waals surface area contributed by atoms with E-state index >= 15 is 0 Å². The second kappa shape index (κ2) is 16.3. The normalized spacial score (nSPS) is 11.7. The van der Waals surface area contributed by atoms with E-state index in [0.717, 1.165) is 61.3 Å². The van der Waals surface area contributed by atoms with Crippen molar-refractivity contribution in [2.24, 2.45) is 0 Å². The first-order valence-corrected chi connectivity index (χ1v) is 24.5. The van der Waals surface area contributed by atoms with Crippen LogP contribution in [0.25, 0.3) is 137 Å². The third kappa shape index (κ3) is 6.62. The predicted octanol–water partition coefficient (Wildman–Crippen LogP) is 17.6. The molecule has 0 spiro atoms. The minimum Gasteiger partial charge on any atom is -0.309 e. The molecule has 70 heavy (non-hydrogen) atoms. The largest absolute Gasteiger partial charge is 0.309 e. The Bertz CT molecular complexity index is 4260. The number of hydrogen-bond donors (Lipinski definition) is 0. The summed E-state index contributed by atoms with van der Waals surface area (Å²) in [6.45, 7) is 0. The second-order valence-corrected chi connectivity index (χ2v) is 19.0. The van der Waals surface area contributed by atoms with E-state index in [-0.39, 0.29) is 0 Å². The summed E-state index contributed by atoms with van der Waals surface area (Å²) in [6.07, 6.45) is 0. The lowest BCUT2D eigenvalue weighted by molar-refractivity contribution is 1.07. The Morgan fingerprint density at radius 3 is 1.49 bits per heavy atom. The molecule has 5 heteroatoms. The molecule has 0 aliphatic carbocycles. The van der Waals surface area contributed by atoms with Gasteiger partial charge < -0.3 is 4.57 Å². The minimum atomic E-state index is 0.598. The summed E-state index contributed by atoms with van der Waals surface area (Å²) < 4.78 is 5.00. The van der Waals surface area contributed by atoms with Crippen LogP contribution in [0.3, 0.4) is 0 Å². The molecule has 0 amide bonds. The van der Waals surface area contributed by atoms with Crippen LogP contribution in [0.15, 0.2) is 243 Å². The second-order valence-electron chi connectivity index (χ2n) is 17.9. The van der Waals surface area contributed by atoms with Crippen LogP contribution in [0.2, 0.25) is 0 Å². The molecule has 3 aromatic heterocycles. The molecule has 0 N–H and O–H groups in total. The monoisotopic (exact) mass is 908 g/mol. The summed E-state index contributed by atoms with van der Waals surface area (Å²) in [5.41, 5.74) is 12.6. The first-order valence-electron chi connectivity index (χ1n) is 23.7. The van der Waals surface area contributed by atoms with Gasteiger partial charge in [0.05, 0.1) is 11.0 Å². The van der Waals surface area contributed by atoms with Crippen molar-refractivity contribution in [1.29, 1.82) is 0 Å². The summed E-state index contributed by atoms with van der Waals surface area (Å²) in [5, 5.41) is 9.75. The van der Waals surface area contributed by atoms with Gasteiger partial charge in [0.1, 0.15) is 0 Å². The van der Waals surface area contributed by atoms with Gasteiger partial charge in [0.25, 0.3) is 0 Å². The van der Waals surface area contributed by atoms with Crippen molar-refractivity contribution < 1.29 is 0 Å². The maximum absolute atomic E-state index is 5.52. The Morgan fingerprint density at radius 2 is 0.814 bits per heavy atom. The van der Waals surface area contributed by atoms with Crippen LogP contribution >= 0.6 is 11.3 Å². The van der Waals surface area contributed by atoms with Crippen molar-refractivity contribution >= 4 is 74.9 Å². The molecule has 14 rings (SSSR count). The molecule has 0 saturated heterocycles. The Morgan fingerprint density at radius 1 is 0.286 bits per heavy atom. The van der Waals surface area contributed by atoms with Gasteiger partial charge in [-0.05, 0) is 98.1 Å². The molecule has 0 unspecified atom stereocenters. The van der Waals surface area contributed by atoms with Crippen molar-refractivity contribution in [3.05, 3.63) is 243 Å². The van der Waals surface area contributed by atoms with Crippen LogP contribution in [0.5, 0.6) is 0 Å². The topological polar surface area (TPSA) is 43.6 Å². The van der Waals surface area contributed by atoms with Gasteiger partial charge >= 0.3 is 0 Å². The summed E-state index contributed by atoms with van der Waals surface area (Å²) in [5.74, 6) is 1.82. The van der Waals surface area contributed by atoms with E-state index in [1.807, 2.05) is 11.3 Å². The van der Waals surface area contributed by atoms with Crippen LogP contribution in [0, 0.1) is 0 Å². The molecule has 0 aliphatic rings. The smallest absolute Gasteiger partial charge is 0.164 e. The van der Waals surface area contributed by atoms with Crippen molar-refractivity contribution in [2.45, 2.75) is 0 Å². The number of thiophene rings is 1. The predicted molar refractivity (Wildman–Crippen MR) is 295 cm³/mol. The zero-order valence-electron chi connectivity index (χ0n) is 37.8. The van der Waals surface area contributed by atoms with Gasteiger partial charge in [0.15, 0.2) is 17.5 Å². The Kier molecular flexibility index (Phi) is 9.36. The summed E-state index contributed by atoms with van der Waals surface area (Å²) in [7, 11) is 0. The SMILES string of the molecule is c1ccc(-c2ccccc2-c2nc(-c3ccccc3-c3ccccc3)nc(-c3ccc(-n4c5cc6ccccc6cc5c5ccc6ccccc6c54)cc3-c3ccc4sc5ccccc5c4c3)n2)cc1. The van der Waals surface area contributed by atoms with Crippen molar-refractivity contribution in [3.63, 3.8) is 0 Å². The van der Waals surface area contributed by atoms with E-state index < -0.39 is 0 Å². The van der Waals surface area contributed by atoms with E-state index in [2.05, 4.69) is 247 Å². The quantitative estimate of drug-likeness (QED) is 0.160. The van der Waals surface area contributed by atoms with Gasteiger partial charge in [-0.2, -0.15) is 0 Å². The summed E-state index contributed by atoms with van der Waals surface area (Å²) >= 11 is 1.83.